The van der Waals surface area contributed by atoms with Gasteiger partial charge < -0.3 is 0 Å². The third-order valence-electron chi connectivity index (χ3n) is 4.21. The van der Waals surface area contributed by atoms with E-state index >= 15 is 0 Å². The van der Waals surface area contributed by atoms with E-state index in [1.54, 1.807) is 18.0 Å². The monoisotopic (exact) mass is 282 g/mol. The van der Waals surface area contributed by atoms with Crippen molar-refractivity contribution >= 4 is 22.5 Å². The average Bonchev–Trinajstić information content (AvgIpc) is 2.94. The molecule has 0 atom stereocenters. The van der Waals surface area contributed by atoms with Gasteiger partial charge in [0.05, 0.1) is 17.3 Å². The first-order valence-corrected chi connectivity index (χ1v) is 7.48. The molecule has 1 aromatic carbocycles. The molecule has 0 radical (unpaired) electrons. The second kappa shape index (κ2) is 3.85. The van der Waals surface area contributed by atoms with E-state index in [4.69, 9.17) is 0 Å². The summed E-state index contributed by atoms with van der Waals surface area (Å²) in [6.07, 6.45) is 2.51. The Morgan fingerprint density at radius 3 is 2.95 bits per heavy atom. The maximum absolute atomic E-state index is 12.8. The normalized spacial score (nSPS) is 19.4. The van der Waals surface area contributed by atoms with Gasteiger partial charge in [0, 0.05) is 27.4 Å². The number of fused-ring (bicyclic) bond motifs is 3. The molecule has 1 aromatic heterocycles. The molecule has 0 fully saturated rings. The van der Waals surface area contributed by atoms with Crippen molar-refractivity contribution in [1.82, 2.24) is 10.2 Å². The second-order valence-electron chi connectivity index (χ2n) is 5.81. The fourth-order valence-electron chi connectivity index (χ4n) is 3.01. The number of hydrogen-bond donors (Lipinski definition) is 1. The number of carbonyl (C=O) groups is 1. The minimum absolute atomic E-state index is 0.225. The SMILES string of the molecule is CC1(C)C(=O)C2=C(Sc3ccccc3C2)c2[nH]ncc21. The highest BCUT2D eigenvalue weighted by Gasteiger charge is 2.43. The number of ketones is 1. The molecular formula is C16H14N2OS. The summed E-state index contributed by atoms with van der Waals surface area (Å²) in [5, 5.41) is 7.24. The molecule has 2 aromatic rings. The number of aromatic nitrogens is 2. The minimum Gasteiger partial charge on any atom is -0.294 e. The number of H-pyrrole nitrogens is 1. The van der Waals surface area contributed by atoms with Crippen molar-refractivity contribution < 1.29 is 4.79 Å². The zero-order chi connectivity index (χ0) is 13.9. The van der Waals surface area contributed by atoms with Crippen molar-refractivity contribution in [2.75, 3.05) is 0 Å². The van der Waals surface area contributed by atoms with E-state index < -0.39 is 5.41 Å². The number of nitrogens with zero attached hydrogens (tertiary/aromatic N) is 1. The molecule has 0 unspecified atom stereocenters. The quantitative estimate of drug-likeness (QED) is 0.806. The molecule has 1 aliphatic heterocycles. The van der Waals surface area contributed by atoms with Crippen LogP contribution in [0.2, 0.25) is 0 Å². The molecule has 100 valence electrons. The van der Waals surface area contributed by atoms with Crippen LogP contribution in [-0.2, 0) is 16.6 Å². The summed E-state index contributed by atoms with van der Waals surface area (Å²) >= 11 is 1.68. The molecule has 0 spiro atoms. The Labute approximate surface area is 121 Å². The van der Waals surface area contributed by atoms with Crippen LogP contribution in [0.25, 0.3) is 4.91 Å². The number of allylic oxidation sites excluding steroid dienone is 1. The van der Waals surface area contributed by atoms with Crippen LogP contribution in [0.3, 0.4) is 0 Å². The average molecular weight is 282 g/mol. The predicted octanol–water partition coefficient (Wildman–Crippen LogP) is 3.33. The maximum Gasteiger partial charge on any atom is 0.170 e. The van der Waals surface area contributed by atoms with Crippen LogP contribution in [0.5, 0.6) is 0 Å². The van der Waals surface area contributed by atoms with E-state index in [-0.39, 0.29) is 5.78 Å². The van der Waals surface area contributed by atoms with Crippen LogP contribution in [0.4, 0.5) is 0 Å². The Balaban J connectivity index is 1.95. The number of aromatic amines is 1. The van der Waals surface area contributed by atoms with E-state index in [1.165, 1.54) is 10.5 Å². The highest BCUT2D eigenvalue weighted by atomic mass is 32.2. The van der Waals surface area contributed by atoms with Crippen LogP contribution in [0.1, 0.15) is 30.7 Å². The lowest BCUT2D eigenvalue weighted by molar-refractivity contribution is -0.120. The van der Waals surface area contributed by atoms with Gasteiger partial charge in [-0.3, -0.25) is 9.89 Å². The van der Waals surface area contributed by atoms with Gasteiger partial charge in [0.2, 0.25) is 0 Å². The summed E-state index contributed by atoms with van der Waals surface area (Å²) in [4.78, 5) is 15.1. The maximum atomic E-state index is 12.8. The van der Waals surface area contributed by atoms with E-state index in [9.17, 15) is 4.79 Å². The molecule has 4 heteroatoms. The molecular weight excluding hydrogens is 268 g/mol. The molecule has 3 nitrogen and oxygen atoms in total. The van der Waals surface area contributed by atoms with E-state index in [1.807, 2.05) is 26.0 Å². The Morgan fingerprint density at radius 1 is 1.30 bits per heavy atom. The van der Waals surface area contributed by atoms with Crippen molar-refractivity contribution in [2.45, 2.75) is 30.6 Å². The third-order valence-corrected chi connectivity index (χ3v) is 5.48. The van der Waals surface area contributed by atoms with Gasteiger partial charge in [-0.1, -0.05) is 30.0 Å². The predicted molar refractivity (Wildman–Crippen MR) is 79.5 cm³/mol. The van der Waals surface area contributed by atoms with E-state index in [0.29, 0.717) is 0 Å². The summed E-state index contributed by atoms with van der Waals surface area (Å²) in [5.74, 6) is 0.225. The molecule has 0 bridgehead atoms. The summed E-state index contributed by atoms with van der Waals surface area (Å²) in [6, 6.07) is 8.30. The number of benzene rings is 1. The molecule has 2 aliphatic rings. The number of Topliss-reactive ketones (excluding diaryl/α,β-unsaturated/α-hetero) is 1. The number of carbonyl (C=O) groups excluding carboxylic acids is 1. The lowest BCUT2D eigenvalue weighted by Crippen LogP contribution is -2.35. The van der Waals surface area contributed by atoms with Crippen molar-refractivity contribution in [1.29, 1.82) is 0 Å². The molecule has 20 heavy (non-hydrogen) atoms. The zero-order valence-electron chi connectivity index (χ0n) is 11.4. The van der Waals surface area contributed by atoms with Crippen LogP contribution in [-0.4, -0.2) is 16.0 Å². The highest BCUT2D eigenvalue weighted by molar-refractivity contribution is 8.08. The number of thioether (sulfide) groups is 1. The van der Waals surface area contributed by atoms with Crippen molar-refractivity contribution in [2.24, 2.45) is 0 Å². The molecule has 4 rings (SSSR count). The summed E-state index contributed by atoms with van der Waals surface area (Å²) < 4.78 is 0. The van der Waals surface area contributed by atoms with Crippen LogP contribution in [0.15, 0.2) is 40.9 Å². The van der Waals surface area contributed by atoms with Crippen molar-refractivity contribution in [3.63, 3.8) is 0 Å². The topological polar surface area (TPSA) is 45.8 Å². The standard InChI is InChI=1S/C16H14N2OS/c1-16(2)11-8-17-18-13(11)14-10(15(16)19)7-9-5-3-4-6-12(9)20-14/h3-6,8H,7H2,1-2H3,(H,17,18). The van der Waals surface area contributed by atoms with Crippen LogP contribution in [0, 0.1) is 0 Å². The van der Waals surface area contributed by atoms with Crippen molar-refractivity contribution in [3.8, 4) is 0 Å². The minimum atomic E-state index is -0.492. The number of rotatable bonds is 0. The summed E-state index contributed by atoms with van der Waals surface area (Å²) in [5.41, 5.74) is 3.70. The van der Waals surface area contributed by atoms with Crippen LogP contribution < -0.4 is 0 Å². The first-order chi connectivity index (χ1) is 9.59. The van der Waals surface area contributed by atoms with Gasteiger partial charge in [-0.2, -0.15) is 5.10 Å². The van der Waals surface area contributed by atoms with Gasteiger partial charge in [-0.25, -0.2) is 0 Å². The molecule has 2 heterocycles. The highest BCUT2D eigenvalue weighted by Crippen LogP contribution is 2.50. The molecule has 0 saturated heterocycles. The zero-order valence-corrected chi connectivity index (χ0v) is 12.2. The van der Waals surface area contributed by atoms with E-state index in [2.05, 4.69) is 22.3 Å². The van der Waals surface area contributed by atoms with Gasteiger partial charge in [0.25, 0.3) is 0 Å². The Hall–Kier alpha value is -1.81. The van der Waals surface area contributed by atoms with Crippen LogP contribution >= 0.6 is 11.8 Å². The fourth-order valence-corrected chi connectivity index (χ4v) is 4.19. The molecule has 0 amide bonds. The Bertz CT molecular complexity index is 770. The first kappa shape index (κ1) is 12.0. The van der Waals surface area contributed by atoms with Gasteiger partial charge in [-0.15, -0.1) is 0 Å². The lowest BCUT2D eigenvalue weighted by Gasteiger charge is -2.33. The van der Waals surface area contributed by atoms with Crippen molar-refractivity contribution in [3.05, 3.63) is 52.9 Å². The molecule has 0 saturated carbocycles. The third kappa shape index (κ3) is 1.43. The van der Waals surface area contributed by atoms with Gasteiger partial charge in [0.15, 0.2) is 5.78 Å². The lowest BCUT2D eigenvalue weighted by atomic mass is 9.73. The number of nitrogens with one attached hydrogen (secondary N) is 1. The summed E-state index contributed by atoms with van der Waals surface area (Å²) in [6.45, 7) is 3.97. The summed E-state index contributed by atoms with van der Waals surface area (Å²) in [7, 11) is 0. The fraction of sp³-hybridized carbons (Fsp3) is 0.250. The van der Waals surface area contributed by atoms with Gasteiger partial charge in [0.1, 0.15) is 0 Å². The second-order valence-corrected chi connectivity index (χ2v) is 6.86. The Morgan fingerprint density at radius 2 is 2.10 bits per heavy atom. The number of hydrogen-bond acceptors (Lipinski definition) is 3. The van der Waals surface area contributed by atoms with Gasteiger partial charge >= 0.3 is 0 Å². The first-order valence-electron chi connectivity index (χ1n) is 6.67. The largest absolute Gasteiger partial charge is 0.294 e. The van der Waals surface area contributed by atoms with Gasteiger partial charge in [-0.05, 0) is 25.5 Å². The Kier molecular flexibility index (Phi) is 2.31. The van der Waals surface area contributed by atoms with E-state index in [0.717, 1.165) is 28.2 Å². The smallest absolute Gasteiger partial charge is 0.170 e. The molecule has 1 aliphatic carbocycles. The molecule has 1 N–H and O–H groups in total.